The highest BCUT2D eigenvalue weighted by molar-refractivity contribution is 6.24. The Morgan fingerprint density at radius 3 is 2.60 bits per heavy atom. The lowest BCUT2D eigenvalue weighted by Gasteiger charge is -2.18. The molecule has 0 spiro atoms. The van der Waals surface area contributed by atoms with Crippen molar-refractivity contribution in [2.45, 2.75) is 25.8 Å². The molecule has 82 valence electrons. The predicted octanol–water partition coefficient (Wildman–Crippen LogP) is 2.28. The van der Waals surface area contributed by atoms with Crippen molar-refractivity contribution in [2.24, 2.45) is 0 Å². The fraction of sp³-hybridized carbons (Fsp3) is 0.364. The third-order valence-electron chi connectivity index (χ3n) is 1.98. The van der Waals surface area contributed by atoms with Gasteiger partial charge in [0.15, 0.2) is 0 Å². The molecule has 1 amide bonds. The average molecular weight is 227 g/mol. The quantitative estimate of drug-likeness (QED) is 0.462. The molecular formula is C11H15ClN2O. The van der Waals surface area contributed by atoms with Gasteiger partial charge < -0.3 is 11.1 Å². The number of alkyl halides is 1. The fourth-order valence-corrected chi connectivity index (χ4v) is 1.30. The van der Waals surface area contributed by atoms with Crippen LogP contribution >= 0.6 is 11.6 Å². The number of para-hydroxylation sites is 1. The number of rotatable bonds is 2. The summed E-state index contributed by atoms with van der Waals surface area (Å²) < 4.78 is 0. The topological polar surface area (TPSA) is 55.1 Å². The van der Waals surface area contributed by atoms with Gasteiger partial charge in [-0.15, -0.1) is 0 Å². The number of hydrogen-bond acceptors (Lipinski definition) is 2. The van der Waals surface area contributed by atoms with Crippen molar-refractivity contribution in [3.8, 4) is 0 Å². The number of anilines is 1. The van der Waals surface area contributed by atoms with Crippen LogP contribution < -0.4 is 11.1 Å². The standard InChI is InChI=1S/C11H15ClN2O/c1-7-5-4-6-8(9(7)13)10(15)14-11(2,3)12/h4-6H,13H2,1-3H3,(H,14,15). The minimum Gasteiger partial charge on any atom is -0.398 e. The number of carbonyl (C=O) groups excluding carboxylic acids is 1. The Bertz CT molecular complexity index is 383. The zero-order chi connectivity index (χ0) is 11.6. The van der Waals surface area contributed by atoms with Gasteiger partial charge in [0, 0.05) is 5.69 Å². The summed E-state index contributed by atoms with van der Waals surface area (Å²) in [7, 11) is 0. The molecule has 0 radical (unpaired) electrons. The maximum absolute atomic E-state index is 11.8. The van der Waals surface area contributed by atoms with Crippen LogP contribution in [0.4, 0.5) is 5.69 Å². The van der Waals surface area contributed by atoms with E-state index in [-0.39, 0.29) is 5.91 Å². The van der Waals surface area contributed by atoms with Gasteiger partial charge in [0.25, 0.3) is 5.91 Å². The van der Waals surface area contributed by atoms with E-state index in [0.29, 0.717) is 11.3 Å². The molecule has 1 aromatic carbocycles. The molecule has 0 unspecified atom stereocenters. The van der Waals surface area contributed by atoms with Crippen molar-refractivity contribution < 1.29 is 4.79 Å². The first-order valence-corrected chi connectivity index (χ1v) is 5.05. The fourth-order valence-electron chi connectivity index (χ4n) is 1.22. The summed E-state index contributed by atoms with van der Waals surface area (Å²) in [4.78, 5) is 11.0. The summed E-state index contributed by atoms with van der Waals surface area (Å²) in [6.07, 6.45) is 0. The number of carbonyl (C=O) groups is 1. The second-order valence-electron chi connectivity index (χ2n) is 3.96. The van der Waals surface area contributed by atoms with Gasteiger partial charge in [0.05, 0.1) is 5.56 Å². The first-order valence-electron chi connectivity index (χ1n) is 4.68. The highest BCUT2D eigenvalue weighted by atomic mass is 35.5. The van der Waals surface area contributed by atoms with Gasteiger partial charge in [-0.05, 0) is 32.4 Å². The van der Waals surface area contributed by atoms with Crippen molar-refractivity contribution in [1.82, 2.24) is 5.32 Å². The molecule has 0 aliphatic heterocycles. The number of halogens is 1. The second-order valence-corrected chi connectivity index (χ2v) is 4.91. The van der Waals surface area contributed by atoms with E-state index in [1.54, 1.807) is 26.0 Å². The number of aryl methyl sites for hydroxylation is 1. The van der Waals surface area contributed by atoms with Crippen LogP contribution in [0.5, 0.6) is 0 Å². The first-order chi connectivity index (χ1) is 6.81. The van der Waals surface area contributed by atoms with Gasteiger partial charge in [-0.25, -0.2) is 0 Å². The summed E-state index contributed by atoms with van der Waals surface area (Å²) in [5.74, 6) is -0.254. The van der Waals surface area contributed by atoms with Crippen molar-refractivity contribution in [1.29, 1.82) is 0 Å². The van der Waals surface area contributed by atoms with E-state index in [0.717, 1.165) is 5.56 Å². The molecule has 0 bridgehead atoms. The van der Waals surface area contributed by atoms with Gasteiger partial charge >= 0.3 is 0 Å². The van der Waals surface area contributed by atoms with E-state index in [9.17, 15) is 4.79 Å². The number of benzene rings is 1. The van der Waals surface area contributed by atoms with E-state index in [2.05, 4.69) is 5.32 Å². The molecule has 0 saturated heterocycles. The number of hydrogen-bond donors (Lipinski definition) is 2. The molecule has 0 atom stereocenters. The second kappa shape index (κ2) is 4.11. The Hall–Kier alpha value is -1.22. The lowest BCUT2D eigenvalue weighted by molar-refractivity contribution is 0.0936. The molecule has 15 heavy (non-hydrogen) atoms. The largest absolute Gasteiger partial charge is 0.398 e. The van der Waals surface area contributed by atoms with Crippen molar-refractivity contribution in [3.63, 3.8) is 0 Å². The lowest BCUT2D eigenvalue weighted by Crippen LogP contribution is -2.38. The zero-order valence-corrected chi connectivity index (χ0v) is 9.85. The number of amides is 1. The summed E-state index contributed by atoms with van der Waals surface area (Å²) in [5.41, 5.74) is 7.64. The molecule has 0 aromatic heterocycles. The van der Waals surface area contributed by atoms with E-state index in [1.165, 1.54) is 0 Å². The summed E-state index contributed by atoms with van der Waals surface area (Å²) >= 11 is 5.90. The first kappa shape index (κ1) is 11.9. The van der Waals surface area contributed by atoms with Crippen LogP contribution in [0.25, 0.3) is 0 Å². The van der Waals surface area contributed by atoms with Gasteiger partial charge in [-0.2, -0.15) is 0 Å². The highest BCUT2D eigenvalue weighted by Crippen LogP contribution is 2.18. The van der Waals surface area contributed by atoms with Crippen LogP contribution in [-0.4, -0.2) is 10.9 Å². The van der Waals surface area contributed by atoms with Crippen LogP contribution in [0.1, 0.15) is 29.8 Å². The number of nitrogens with one attached hydrogen (secondary N) is 1. The molecule has 3 N–H and O–H groups in total. The molecule has 0 aliphatic carbocycles. The molecule has 0 heterocycles. The zero-order valence-electron chi connectivity index (χ0n) is 9.10. The van der Waals surface area contributed by atoms with Crippen LogP contribution in [0, 0.1) is 6.92 Å². The van der Waals surface area contributed by atoms with E-state index in [1.807, 2.05) is 13.0 Å². The molecule has 1 aromatic rings. The van der Waals surface area contributed by atoms with Crippen molar-refractivity contribution >= 4 is 23.2 Å². The normalized spacial score (nSPS) is 11.2. The summed E-state index contributed by atoms with van der Waals surface area (Å²) in [6, 6.07) is 5.33. The smallest absolute Gasteiger partial charge is 0.254 e. The lowest BCUT2D eigenvalue weighted by atomic mass is 10.1. The Morgan fingerprint density at radius 1 is 1.47 bits per heavy atom. The van der Waals surface area contributed by atoms with E-state index < -0.39 is 5.00 Å². The Kier molecular flexibility index (Phi) is 3.25. The molecule has 0 fully saturated rings. The van der Waals surface area contributed by atoms with Gasteiger partial charge in [-0.1, -0.05) is 23.7 Å². The maximum Gasteiger partial charge on any atom is 0.254 e. The van der Waals surface area contributed by atoms with Crippen LogP contribution in [0.3, 0.4) is 0 Å². The summed E-state index contributed by atoms with van der Waals surface area (Å²) in [5, 5.41) is 2.65. The van der Waals surface area contributed by atoms with Crippen LogP contribution in [0.15, 0.2) is 18.2 Å². The van der Waals surface area contributed by atoms with E-state index >= 15 is 0 Å². The Labute approximate surface area is 94.6 Å². The average Bonchev–Trinajstić information content (AvgIpc) is 2.06. The van der Waals surface area contributed by atoms with Gasteiger partial charge in [0.2, 0.25) is 0 Å². The minimum absolute atomic E-state index is 0.254. The van der Waals surface area contributed by atoms with Gasteiger partial charge in [0.1, 0.15) is 5.00 Å². The number of nitrogens with two attached hydrogens (primary N) is 1. The monoisotopic (exact) mass is 226 g/mol. The van der Waals surface area contributed by atoms with Gasteiger partial charge in [-0.3, -0.25) is 4.79 Å². The van der Waals surface area contributed by atoms with Crippen LogP contribution in [-0.2, 0) is 0 Å². The van der Waals surface area contributed by atoms with E-state index in [4.69, 9.17) is 17.3 Å². The molecule has 3 nitrogen and oxygen atoms in total. The highest BCUT2D eigenvalue weighted by Gasteiger charge is 2.19. The maximum atomic E-state index is 11.8. The molecule has 4 heteroatoms. The molecule has 0 aliphatic rings. The third kappa shape index (κ3) is 3.13. The van der Waals surface area contributed by atoms with Crippen LogP contribution in [0.2, 0.25) is 0 Å². The Morgan fingerprint density at radius 2 is 2.07 bits per heavy atom. The van der Waals surface area contributed by atoms with Crippen molar-refractivity contribution in [2.75, 3.05) is 5.73 Å². The predicted molar refractivity (Wildman–Crippen MR) is 63.0 cm³/mol. The Balaban J connectivity index is 2.97. The molecule has 0 saturated carbocycles. The SMILES string of the molecule is Cc1cccc(C(=O)NC(C)(C)Cl)c1N. The number of nitrogen functional groups attached to an aromatic ring is 1. The summed E-state index contributed by atoms with van der Waals surface area (Å²) in [6.45, 7) is 5.27. The third-order valence-corrected chi connectivity index (χ3v) is 2.07. The minimum atomic E-state index is -0.771. The molecular weight excluding hydrogens is 212 g/mol. The molecule has 1 rings (SSSR count). The van der Waals surface area contributed by atoms with Crippen molar-refractivity contribution in [3.05, 3.63) is 29.3 Å².